The maximum absolute atomic E-state index is 4.71. The van der Waals surface area contributed by atoms with Crippen LogP contribution in [0.25, 0.3) is 0 Å². The zero-order valence-electron chi connectivity index (χ0n) is 13.4. The van der Waals surface area contributed by atoms with Crippen molar-refractivity contribution in [3.8, 4) is 0 Å². The predicted molar refractivity (Wildman–Crippen MR) is 85.4 cm³/mol. The number of nitrogens with zero attached hydrogens (tertiary/aromatic N) is 3. The number of hydrogen-bond acceptors (Lipinski definition) is 4. The molecule has 1 aliphatic heterocycles. The summed E-state index contributed by atoms with van der Waals surface area (Å²) in [5.74, 6) is 2.98. The van der Waals surface area contributed by atoms with Gasteiger partial charge in [0.25, 0.3) is 0 Å². The van der Waals surface area contributed by atoms with E-state index >= 15 is 0 Å². The molecule has 2 heterocycles. The summed E-state index contributed by atoms with van der Waals surface area (Å²) in [7, 11) is 0. The SMILES string of the molecule is CCNc1cc(N2CCC(C)(CC)CC2)nc(CC)n1. The van der Waals surface area contributed by atoms with Gasteiger partial charge >= 0.3 is 0 Å². The van der Waals surface area contributed by atoms with E-state index in [1.54, 1.807) is 0 Å². The van der Waals surface area contributed by atoms with Crippen molar-refractivity contribution in [3.63, 3.8) is 0 Å². The van der Waals surface area contributed by atoms with Crippen LogP contribution >= 0.6 is 0 Å². The molecule has 0 unspecified atom stereocenters. The molecule has 1 N–H and O–H groups in total. The van der Waals surface area contributed by atoms with E-state index < -0.39 is 0 Å². The number of hydrogen-bond donors (Lipinski definition) is 1. The largest absolute Gasteiger partial charge is 0.370 e. The molecule has 1 aromatic rings. The van der Waals surface area contributed by atoms with Gasteiger partial charge in [0.1, 0.15) is 17.5 Å². The Morgan fingerprint density at radius 1 is 1.20 bits per heavy atom. The fourth-order valence-electron chi connectivity index (χ4n) is 2.70. The maximum Gasteiger partial charge on any atom is 0.134 e. The van der Waals surface area contributed by atoms with Crippen molar-refractivity contribution >= 4 is 11.6 Å². The van der Waals surface area contributed by atoms with Gasteiger partial charge in [0.15, 0.2) is 0 Å². The highest BCUT2D eigenvalue weighted by atomic mass is 15.2. The van der Waals surface area contributed by atoms with Crippen LogP contribution in [0.4, 0.5) is 11.6 Å². The first-order valence-electron chi connectivity index (χ1n) is 7.97. The molecule has 0 amide bonds. The van der Waals surface area contributed by atoms with E-state index in [1.165, 1.54) is 19.3 Å². The fraction of sp³-hybridized carbons (Fsp3) is 0.750. The first-order chi connectivity index (χ1) is 9.60. The summed E-state index contributed by atoms with van der Waals surface area (Å²) in [5, 5.41) is 3.31. The van der Waals surface area contributed by atoms with Crippen LogP contribution < -0.4 is 10.2 Å². The van der Waals surface area contributed by atoms with E-state index in [1.807, 2.05) is 0 Å². The van der Waals surface area contributed by atoms with Crippen LogP contribution in [0.5, 0.6) is 0 Å². The highest BCUT2D eigenvalue weighted by Gasteiger charge is 2.29. The minimum atomic E-state index is 0.515. The quantitative estimate of drug-likeness (QED) is 0.894. The van der Waals surface area contributed by atoms with Crippen molar-refractivity contribution in [2.45, 2.75) is 53.4 Å². The average molecular weight is 276 g/mol. The van der Waals surface area contributed by atoms with E-state index in [0.29, 0.717) is 5.41 Å². The molecular weight excluding hydrogens is 248 g/mol. The lowest BCUT2D eigenvalue weighted by Crippen LogP contribution is -2.39. The molecule has 0 bridgehead atoms. The molecule has 1 aromatic heterocycles. The van der Waals surface area contributed by atoms with Gasteiger partial charge in [-0.15, -0.1) is 0 Å². The Balaban J connectivity index is 2.14. The van der Waals surface area contributed by atoms with Gasteiger partial charge in [0.2, 0.25) is 0 Å². The van der Waals surface area contributed by atoms with Crippen LogP contribution in [0, 0.1) is 5.41 Å². The van der Waals surface area contributed by atoms with Crippen molar-refractivity contribution in [2.24, 2.45) is 5.41 Å². The summed E-state index contributed by atoms with van der Waals surface area (Å²) in [5.41, 5.74) is 0.515. The molecule has 112 valence electrons. The Hall–Kier alpha value is -1.32. The molecule has 1 aliphatic rings. The summed E-state index contributed by atoms with van der Waals surface area (Å²) in [4.78, 5) is 11.7. The van der Waals surface area contributed by atoms with Gasteiger partial charge in [-0.1, -0.05) is 27.2 Å². The molecule has 0 aliphatic carbocycles. The topological polar surface area (TPSA) is 41.0 Å². The molecular formula is C16H28N4. The molecule has 4 heteroatoms. The van der Waals surface area contributed by atoms with Crippen LogP contribution in [0.3, 0.4) is 0 Å². The fourth-order valence-corrected chi connectivity index (χ4v) is 2.70. The van der Waals surface area contributed by atoms with Crippen LogP contribution in [-0.4, -0.2) is 29.6 Å². The van der Waals surface area contributed by atoms with E-state index in [9.17, 15) is 0 Å². The third kappa shape index (κ3) is 3.41. The Morgan fingerprint density at radius 2 is 1.90 bits per heavy atom. The molecule has 0 aromatic carbocycles. The van der Waals surface area contributed by atoms with E-state index in [-0.39, 0.29) is 0 Å². The molecule has 1 fully saturated rings. The predicted octanol–water partition coefficient (Wildman–Crippen LogP) is 3.49. The second-order valence-electron chi connectivity index (χ2n) is 6.06. The second-order valence-corrected chi connectivity index (χ2v) is 6.06. The number of nitrogens with one attached hydrogen (secondary N) is 1. The average Bonchev–Trinajstić information content (AvgIpc) is 2.48. The summed E-state index contributed by atoms with van der Waals surface area (Å²) in [6, 6.07) is 2.09. The lowest BCUT2D eigenvalue weighted by Gasteiger charge is -2.39. The number of aryl methyl sites for hydroxylation is 1. The van der Waals surface area contributed by atoms with Crippen molar-refractivity contribution in [2.75, 3.05) is 29.9 Å². The zero-order valence-corrected chi connectivity index (χ0v) is 13.4. The van der Waals surface area contributed by atoms with Crippen LogP contribution in [0.15, 0.2) is 6.07 Å². The summed E-state index contributed by atoms with van der Waals surface area (Å²) in [6.45, 7) is 12.0. The van der Waals surface area contributed by atoms with Crippen molar-refractivity contribution < 1.29 is 0 Å². The van der Waals surface area contributed by atoms with Gasteiger partial charge in [-0.3, -0.25) is 0 Å². The molecule has 0 saturated carbocycles. The third-order valence-electron chi connectivity index (χ3n) is 4.58. The number of rotatable bonds is 5. The Bertz CT molecular complexity index is 436. The Labute approximate surface area is 123 Å². The van der Waals surface area contributed by atoms with Crippen molar-refractivity contribution in [1.82, 2.24) is 9.97 Å². The molecule has 4 nitrogen and oxygen atoms in total. The normalized spacial score (nSPS) is 18.1. The smallest absolute Gasteiger partial charge is 0.134 e. The highest BCUT2D eigenvalue weighted by Crippen LogP contribution is 2.35. The van der Waals surface area contributed by atoms with Gasteiger partial charge < -0.3 is 10.2 Å². The summed E-state index contributed by atoms with van der Waals surface area (Å²) in [6.07, 6.45) is 4.66. The first kappa shape index (κ1) is 15.1. The number of anilines is 2. The molecule has 0 spiro atoms. The minimum Gasteiger partial charge on any atom is -0.370 e. The third-order valence-corrected chi connectivity index (χ3v) is 4.58. The van der Waals surface area contributed by atoms with Gasteiger partial charge in [-0.05, 0) is 25.2 Å². The molecule has 1 saturated heterocycles. The molecule has 20 heavy (non-hydrogen) atoms. The first-order valence-corrected chi connectivity index (χ1v) is 7.97. The lowest BCUT2D eigenvalue weighted by molar-refractivity contribution is 0.237. The highest BCUT2D eigenvalue weighted by molar-refractivity contribution is 5.49. The van der Waals surface area contributed by atoms with Crippen molar-refractivity contribution in [3.05, 3.63) is 11.9 Å². The minimum absolute atomic E-state index is 0.515. The van der Waals surface area contributed by atoms with Gasteiger partial charge in [-0.2, -0.15) is 0 Å². The van der Waals surface area contributed by atoms with Crippen molar-refractivity contribution in [1.29, 1.82) is 0 Å². The van der Waals surface area contributed by atoms with E-state index in [4.69, 9.17) is 4.98 Å². The molecule has 0 radical (unpaired) electrons. The van der Waals surface area contributed by atoms with Gasteiger partial charge in [0.05, 0.1) is 0 Å². The van der Waals surface area contributed by atoms with Crippen LogP contribution in [-0.2, 0) is 6.42 Å². The van der Waals surface area contributed by atoms with Gasteiger partial charge in [-0.25, -0.2) is 9.97 Å². The molecule has 2 rings (SSSR count). The number of piperidine rings is 1. The van der Waals surface area contributed by atoms with Crippen LogP contribution in [0.2, 0.25) is 0 Å². The van der Waals surface area contributed by atoms with E-state index in [0.717, 1.165) is 43.5 Å². The Kier molecular flexibility index (Phi) is 4.84. The monoisotopic (exact) mass is 276 g/mol. The van der Waals surface area contributed by atoms with E-state index in [2.05, 4.69) is 49.0 Å². The second kappa shape index (κ2) is 6.42. The Morgan fingerprint density at radius 3 is 2.45 bits per heavy atom. The maximum atomic E-state index is 4.71. The van der Waals surface area contributed by atoms with Crippen LogP contribution in [0.1, 0.15) is 52.8 Å². The zero-order chi connectivity index (χ0) is 14.6. The standard InChI is InChI=1S/C16H28N4/c1-5-13-18-14(17-7-3)12-15(19-13)20-10-8-16(4,6-2)9-11-20/h12H,5-11H2,1-4H3,(H,17,18,19). The summed E-state index contributed by atoms with van der Waals surface area (Å²) < 4.78 is 0. The molecule has 0 atom stereocenters. The lowest BCUT2D eigenvalue weighted by atomic mass is 9.78. The number of aromatic nitrogens is 2. The van der Waals surface area contributed by atoms with Gasteiger partial charge in [0, 0.05) is 32.1 Å². The summed E-state index contributed by atoms with van der Waals surface area (Å²) >= 11 is 0.